The predicted molar refractivity (Wildman–Crippen MR) is 134 cm³/mol. The number of Topliss-reactive ketones (excluding diaryl/α,β-unsaturated/α-hetero) is 2. The van der Waals surface area contributed by atoms with Crippen LogP contribution in [0.2, 0.25) is 0 Å². The Labute approximate surface area is 203 Å². The Morgan fingerprint density at radius 2 is 1.82 bits per heavy atom. The molecule has 0 heterocycles. The molecule has 4 heteroatoms. The van der Waals surface area contributed by atoms with Crippen molar-refractivity contribution in [1.29, 1.82) is 0 Å². The van der Waals surface area contributed by atoms with E-state index in [1.807, 2.05) is 19.1 Å². The molecule has 1 aromatic rings. The molecule has 34 heavy (non-hydrogen) atoms. The first kappa shape index (κ1) is 23.6. The number of allylic oxidation sites excluding steroid dienone is 2. The average Bonchev–Trinajstić information content (AvgIpc) is 3.21. The van der Waals surface area contributed by atoms with Gasteiger partial charge in [0.1, 0.15) is 18.1 Å². The number of nitrogens with zero attached hydrogens (tertiary/aromatic N) is 1. The van der Waals surface area contributed by atoms with Crippen LogP contribution in [0.15, 0.2) is 41.1 Å². The summed E-state index contributed by atoms with van der Waals surface area (Å²) in [4.78, 5) is 35.5. The highest BCUT2D eigenvalue weighted by Gasteiger charge is 2.60. The minimum Gasteiger partial charge on any atom is -0.300 e. The van der Waals surface area contributed by atoms with Gasteiger partial charge in [0, 0.05) is 18.8 Å². The maximum atomic E-state index is 12.8. The van der Waals surface area contributed by atoms with E-state index in [1.165, 1.54) is 30.4 Å². The lowest BCUT2D eigenvalue weighted by Crippen LogP contribution is -2.51. The van der Waals surface area contributed by atoms with Crippen molar-refractivity contribution in [3.8, 4) is 0 Å². The van der Waals surface area contributed by atoms with Crippen LogP contribution in [0.3, 0.4) is 0 Å². The first-order valence-corrected chi connectivity index (χ1v) is 13.5. The molecule has 1 aromatic carbocycles. The van der Waals surface area contributed by atoms with E-state index in [4.69, 9.17) is 0 Å². The third-order valence-corrected chi connectivity index (χ3v) is 10.5. The second-order valence-corrected chi connectivity index (χ2v) is 11.9. The Balaban J connectivity index is 1.35. The summed E-state index contributed by atoms with van der Waals surface area (Å²) in [6, 6.07) is 8.28. The molecule has 4 aliphatic carbocycles. The quantitative estimate of drug-likeness (QED) is 0.324. The Hall–Kier alpha value is -2.10. The summed E-state index contributed by atoms with van der Waals surface area (Å²) in [7, 11) is 0. The van der Waals surface area contributed by atoms with Gasteiger partial charge in [-0.25, -0.2) is 0 Å². The predicted octanol–water partition coefficient (Wildman–Crippen LogP) is 6.99. The van der Waals surface area contributed by atoms with Crippen molar-refractivity contribution in [1.82, 2.24) is 0 Å². The van der Waals surface area contributed by atoms with Crippen molar-refractivity contribution in [2.45, 2.75) is 91.0 Å². The summed E-state index contributed by atoms with van der Waals surface area (Å²) in [6.45, 7) is 4.50. The number of nitroso groups, excluding NO2 is 1. The van der Waals surface area contributed by atoms with Crippen molar-refractivity contribution >= 4 is 11.6 Å². The molecule has 0 radical (unpaired) electrons. The molecule has 0 unspecified atom stereocenters. The van der Waals surface area contributed by atoms with E-state index in [-0.39, 0.29) is 23.3 Å². The molecule has 4 aliphatic rings. The van der Waals surface area contributed by atoms with E-state index in [0.29, 0.717) is 35.7 Å². The van der Waals surface area contributed by atoms with Gasteiger partial charge in [0.05, 0.1) is 0 Å². The summed E-state index contributed by atoms with van der Waals surface area (Å²) in [6.07, 6.45) is 13.9. The zero-order chi connectivity index (χ0) is 23.9. The lowest BCUT2D eigenvalue weighted by atomic mass is 9.46. The normalized spacial score (nSPS) is 36.8. The van der Waals surface area contributed by atoms with E-state index >= 15 is 0 Å². The lowest BCUT2D eigenvalue weighted by Gasteiger charge is -2.58. The number of fused-ring (bicyclic) bond motifs is 5. The number of benzene rings is 1. The molecule has 0 amide bonds. The summed E-state index contributed by atoms with van der Waals surface area (Å²) < 4.78 is 0. The second kappa shape index (κ2) is 9.17. The molecule has 0 spiro atoms. The smallest absolute Gasteiger partial charge is 0.136 e. The van der Waals surface area contributed by atoms with Crippen molar-refractivity contribution < 1.29 is 9.59 Å². The van der Waals surface area contributed by atoms with Crippen molar-refractivity contribution in [2.24, 2.45) is 39.7 Å². The number of ketones is 2. The molecule has 0 bridgehead atoms. The van der Waals surface area contributed by atoms with Crippen LogP contribution < -0.4 is 0 Å². The minimum atomic E-state index is 0.153. The van der Waals surface area contributed by atoms with E-state index in [0.717, 1.165) is 50.5 Å². The van der Waals surface area contributed by atoms with Crippen LogP contribution in [-0.2, 0) is 22.6 Å². The Bertz CT molecular complexity index is 995. The highest BCUT2D eigenvalue weighted by Crippen LogP contribution is 2.67. The van der Waals surface area contributed by atoms with Gasteiger partial charge in [-0.1, -0.05) is 48.0 Å². The van der Waals surface area contributed by atoms with Gasteiger partial charge in [0.25, 0.3) is 0 Å². The number of aryl methyl sites for hydroxylation is 1. The average molecular weight is 462 g/mol. The fourth-order valence-corrected chi connectivity index (χ4v) is 8.89. The molecule has 4 nitrogen and oxygen atoms in total. The third kappa shape index (κ3) is 3.91. The van der Waals surface area contributed by atoms with E-state index in [9.17, 15) is 14.5 Å². The van der Waals surface area contributed by atoms with E-state index in [1.54, 1.807) is 0 Å². The van der Waals surface area contributed by atoms with Gasteiger partial charge in [-0.15, -0.1) is 0 Å². The van der Waals surface area contributed by atoms with Crippen molar-refractivity contribution in [3.63, 3.8) is 0 Å². The number of rotatable bonds is 7. The third-order valence-electron chi connectivity index (χ3n) is 10.5. The van der Waals surface area contributed by atoms with Gasteiger partial charge < -0.3 is 0 Å². The highest BCUT2D eigenvalue weighted by atomic mass is 16.3. The molecular formula is C30H39NO3. The Kier molecular flexibility index (Phi) is 6.37. The lowest BCUT2D eigenvalue weighted by molar-refractivity contribution is -0.130. The van der Waals surface area contributed by atoms with Gasteiger partial charge in [-0.2, -0.15) is 4.91 Å². The fourth-order valence-electron chi connectivity index (χ4n) is 8.89. The first-order valence-electron chi connectivity index (χ1n) is 13.5. The number of carbonyl (C=O) groups is 2. The minimum absolute atomic E-state index is 0.153. The zero-order valence-electron chi connectivity index (χ0n) is 20.9. The number of carbonyl (C=O) groups excluding carboxylic acids is 2. The summed E-state index contributed by atoms with van der Waals surface area (Å²) >= 11 is 0. The fraction of sp³-hybridized carbons (Fsp3) is 0.667. The number of hydrogen-bond donors (Lipinski definition) is 0. The molecule has 0 aliphatic heterocycles. The van der Waals surface area contributed by atoms with Gasteiger partial charge >= 0.3 is 0 Å². The second-order valence-electron chi connectivity index (χ2n) is 11.9. The Morgan fingerprint density at radius 3 is 2.56 bits per heavy atom. The van der Waals surface area contributed by atoms with E-state index in [2.05, 4.69) is 30.3 Å². The molecule has 182 valence electrons. The molecule has 0 aromatic heterocycles. The summed E-state index contributed by atoms with van der Waals surface area (Å²) in [5, 5.41) is 2.98. The van der Waals surface area contributed by atoms with Crippen LogP contribution in [0.25, 0.3) is 0 Å². The molecule has 3 saturated carbocycles. The summed E-state index contributed by atoms with van der Waals surface area (Å²) in [5.41, 5.74) is 4.03. The number of hydrogen-bond acceptors (Lipinski definition) is 4. The van der Waals surface area contributed by atoms with Gasteiger partial charge in [0.15, 0.2) is 0 Å². The van der Waals surface area contributed by atoms with Gasteiger partial charge in [-0.05, 0) is 104 Å². The van der Waals surface area contributed by atoms with Crippen LogP contribution in [0, 0.1) is 39.4 Å². The van der Waals surface area contributed by atoms with E-state index < -0.39 is 0 Å². The monoisotopic (exact) mass is 461 g/mol. The standard InChI is InChI=1S/C30H39NO3/c1-20(32)26-11-12-28-25-10-9-23-18-24(33)13-16-29(23,2)27(25)14-17-30(26,28)15-3-4-21-5-7-22(8-6-21)19-31-34/h5-9,25-28H,3-4,10-19H2,1-2H3/t25-,26-,27-,28+,29-,30-/m1/s1. The molecule has 0 saturated heterocycles. The maximum absolute atomic E-state index is 12.8. The van der Waals surface area contributed by atoms with Crippen LogP contribution in [0.1, 0.15) is 89.2 Å². The van der Waals surface area contributed by atoms with Crippen molar-refractivity contribution in [3.05, 3.63) is 51.9 Å². The van der Waals surface area contributed by atoms with Crippen LogP contribution >= 0.6 is 0 Å². The highest BCUT2D eigenvalue weighted by molar-refractivity contribution is 5.82. The van der Waals surface area contributed by atoms with Crippen LogP contribution in [-0.4, -0.2) is 11.6 Å². The molecule has 3 fully saturated rings. The van der Waals surface area contributed by atoms with Gasteiger partial charge in [0.2, 0.25) is 0 Å². The van der Waals surface area contributed by atoms with Crippen molar-refractivity contribution in [2.75, 3.05) is 0 Å². The molecular weight excluding hydrogens is 422 g/mol. The Morgan fingerprint density at radius 1 is 1.06 bits per heavy atom. The summed E-state index contributed by atoms with van der Waals surface area (Å²) in [5.74, 6) is 2.99. The first-order chi connectivity index (χ1) is 16.4. The topological polar surface area (TPSA) is 63.6 Å². The van der Waals surface area contributed by atoms with Gasteiger partial charge in [-0.3, -0.25) is 9.59 Å². The molecule has 6 atom stereocenters. The van der Waals surface area contributed by atoms with Crippen LogP contribution in [0.4, 0.5) is 0 Å². The zero-order valence-corrected chi connectivity index (χ0v) is 20.9. The largest absolute Gasteiger partial charge is 0.300 e. The maximum Gasteiger partial charge on any atom is 0.136 e. The SMILES string of the molecule is CC(=O)[C@H]1CC[C@H]2[C@@H]3CC=C4CC(=O)CC[C@@]4(C)[C@@H]3CC[C@]12CCCc1ccc(CN=O)cc1. The molecule has 0 N–H and O–H groups in total. The van der Waals surface area contributed by atoms with Crippen LogP contribution in [0.5, 0.6) is 0 Å². The molecule has 5 rings (SSSR count).